The molecule has 0 saturated heterocycles. The maximum absolute atomic E-state index is 13.3. The Morgan fingerprint density at radius 2 is 1.87 bits per heavy atom. The second-order valence-corrected chi connectivity index (χ2v) is 9.58. The highest BCUT2D eigenvalue weighted by molar-refractivity contribution is 7.87. The van der Waals surface area contributed by atoms with Gasteiger partial charge in [0.05, 0.1) is 21.9 Å². The number of nitro groups is 1. The lowest BCUT2D eigenvalue weighted by Crippen LogP contribution is -2.24. The molecule has 0 N–H and O–H groups in total. The number of nitro benzene ring substituents is 1. The first-order valence-electron chi connectivity index (χ1n) is 9.75. The Bertz CT molecular complexity index is 1170. The van der Waals surface area contributed by atoms with Gasteiger partial charge in [0.25, 0.3) is 5.69 Å². The fourth-order valence-corrected chi connectivity index (χ4v) is 4.03. The number of benzene rings is 1. The molecule has 0 bridgehead atoms. The van der Waals surface area contributed by atoms with Crippen molar-refractivity contribution in [3.63, 3.8) is 0 Å². The van der Waals surface area contributed by atoms with Crippen LogP contribution in [0.15, 0.2) is 23.9 Å². The van der Waals surface area contributed by atoms with Gasteiger partial charge in [-0.05, 0) is 58.2 Å². The fourth-order valence-electron chi connectivity index (χ4n) is 3.04. The van der Waals surface area contributed by atoms with E-state index >= 15 is 0 Å². The minimum absolute atomic E-state index is 0.0351. The van der Waals surface area contributed by atoms with Crippen molar-refractivity contribution in [3.05, 3.63) is 56.3 Å². The molecule has 1 aromatic heterocycles. The predicted molar refractivity (Wildman–Crippen MR) is 118 cm³/mol. The lowest BCUT2D eigenvalue weighted by atomic mass is 9.90. The summed E-state index contributed by atoms with van der Waals surface area (Å²) in [7, 11) is -2.49. The Morgan fingerprint density at radius 1 is 1.26 bits per heavy atom. The zero-order chi connectivity index (χ0) is 23.7. The Kier molecular flexibility index (Phi) is 7.05. The van der Waals surface area contributed by atoms with Crippen molar-refractivity contribution in [2.75, 3.05) is 0 Å². The van der Waals surface area contributed by atoms with Gasteiger partial charge in [-0.25, -0.2) is 4.68 Å². The lowest BCUT2D eigenvalue weighted by Gasteiger charge is -2.15. The Balaban J connectivity index is 2.66. The molecule has 1 unspecified atom stereocenters. The fraction of sp³-hybridized carbons (Fsp3) is 0.429. The van der Waals surface area contributed by atoms with Gasteiger partial charge in [-0.2, -0.15) is 13.5 Å². The molecule has 0 aliphatic rings. The van der Waals surface area contributed by atoms with Crippen molar-refractivity contribution in [3.8, 4) is 5.88 Å². The highest BCUT2D eigenvalue weighted by atomic mass is 32.2. The molecule has 2 rings (SSSR count). The molecule has 0 radical (unpaired) electrons. The van der Waals surface area contributed by atoms with Gasteiger partial charge in [-0.3, -0.25) is 14.9 Å². The summed E-state index contributed by atoms with van der Waals surface area (Å²) in [5.74, 6) is -0.721. The number of carbonyl (C=O) groups is 1. The third-order valence-corrected chi connectivity index (χ3v) is 7.11. The minimum atomic E-state index is -3.96. The molecular formula is C21H27N3O6S. The van der Waals surface area contributed by atoms with E-state index in [0.29, 0.717) is 23.1 Å². The number of allylic oxidation sites excluding steroid dienone is 2. The number of nitrogens with zero attached hydrogens (tertiary/aromatic N) is 3. The zero-order valence-corrected chi connectivity index (χ0v) is 19.5. The molecule has 0 spiro atoms. The average Bonchev–Trinajstić information content (AvgIpc) is 3.05. The molecule has 1 atom stereocenters. The van der Waals surface area contributed by atoms with E-state index in [-0.39, 0.29) is 22.7 Å². The van der Waals surface area contributed by atoms with E-state index < -0.39 is 26.1 Å². The highest BCUT2D eigenvalue weighted by Gasteiger charge is 2.30. The van der Waals surface area contributed by atoms with E-state index in [0.717, 1.165) is 5.57 Å². The number of aromatic nitrogens is 2. The summed E-state index contributed by atoms with van der Waals surface area (Å²) in [6.07, 6.45) is 1.58. The van der Waals surface area contributed by atoms with Crippen LogP contribution in [0.4, 0.5) is 5.69 Å². The Morgan fingerprint density at radius 3 is 2.39 bits per heavy atom. The lowest BCUT2D eigenvalue weighted by molar-refractivity contribution is -0.385. The highest BCUT2D eigenvalue weighted by Crippen LogP contribution is 2.34. The normalized spacial score (nSPS) is 12.4. The summed E-state index contributed by atoms with van der Waals surface area (Å²) < 4.78 is 31.3. The van der Waals surface area contributed by atoms with Crippen LogP contribution in [-0.4, -0.2) is 34.2 Å². The van der Waals surface area contributed by atoms with Crippen LogP contribution in [0.2, 0.25) is 0 Å². The first-order chi connectivity index (χ1) is 14.3. The van der Waals surface area contributed by atoms with Crippen LogP contribution in [0.25, 0.3) is 5.57 Å². The Labute approximate surface area is 182 Å². The standard InChI is InChI=1S/C21H27N3O6S/c1-8-13(4)31(28,29)30-21-17(11-22-23(21)7)20(25)16-9-10-18(24(26)27)19(15(16)6)14(5)12(2)3/h9-11,13H,8H2,1-7H3. The number of rotatable bonds is 8. The van der Waals surface area contributed by atoms with Gasteiger partial charge < -0.3 is 4.18 Å². The molecule has 10 heteroatoms. The van der Waals surface area contributed by atoms with Crippen molar-refractivity contribution in [1.82, 2.24) is 9.78 Å². The maximum Gasteiger partial charge on any atom is 0.313 e. The van der Waals surface area contributed by atoms with E-state index in [2.05, 4.69) is 5.10 Å². The quantitative estimate of drug-likeness (QED) is 0.256. The summed E-state index contributed by atoms with van der Waals surface area (Å²) in [4.78, 5) is 24.4. The molecule has 0 saturated carbocycles. The van der Waals surface area contributed by atoms with Crippen molar-refractivity contribution >= 4 is 27.2 Å². The second kappa shape index (κ2) is 9.01. The van der Waals surface area contributed by atoms with Gasteiger partial charge in [0.1, 0.15) is 5.56 Å². The predicted octanol–water partition coefficient (Wildman–Crippen LogP) is 4.19. The summed E-state index contributed by atoms with van der Waals surface area (Å²) in [6.45, 7) is 10.3. The van der Waals surface area contributed by atoms with E-state index in [1.807, 2.05) is 13.8 Å². The van der Waals surface area contributed by atoms with Crippen LogP contribution in [-0.2, 0) is 17.2 Å². The summed E-state index contributed by atoms with van der Waals surface area (Å²) in [5.41, 5.74) is 2.44. The SMILES string of the molecule is CCC(C)S(=O)(=O)Oc1c(C(=O)c2ccc([N+](=O)[O-])c(C(C)=C(C)C)c2C)cnn1C. The number of carbonyl (C=O) groups excluding carboxylic acids is 1. The number of hydrogen-bond acceptors (Lipinski definition) is 7. The largest absolute Gasteiger partial charge is 0.361 e. The van der Waals surface area contributed by atoms with Crippen LogP contribution in [0, 0.1) is 17.0 Å². The molecular weight excluding hydrogens is 422 g/mol. The number of ketones is 1. The molecule has 1 heterocycles. The van der Waals surface area contributed by atoms with Gasteiger partial charge >= 0.3 is 10.1 Å². The molecule has 0 aliphatic heterocycles. The molecule has 1 aromatic carbocycles. The van der Waals surface area contributed by atoms with Crippen LogP contribution >= 0.6 is 0 Å². The van der Waals surface area contributed by atoms with E-state index in [4.69, 9.17) is 4.18 Å². The summed E-state index contributed by atoms with van der Waals surface area (Å²) in [5, 5.41) is 14.8. The first-order valence-corrected chi connectivity index (χ1v) is 11.2. The van der Waals surface area contributed by atoms with Gasteiger partial charge in [-0.15, -0.1) is 0 Å². The van der Waals surface area contributed by atoms with E-state index in [1.165, 1.54) is 37.0 Å². The topological polar surface area (TPSA) is 121 Å². The van der Waals surface area contributed by atoms with Gasteiger partial charge in [0.15, 0.2) is 5.78 Å². The average molecular weight is 450 g/mol. The first kappa shape index (κ1) is 24.3. The number of aryl methyl sites for hydroxylation is 1. The molecule has 2 aromatic rings. The summed E-state index contributed by atoms with van der Waals surface area (Å²) in [6, 6.07) is 2.66. The smallest absolute Gasteiger partial charge is 0.313 e. The maximum atomic E-state index is 13.3. The van der Waals surface area contributed by atoms with Crippen LogP contribution in [0.1, 0.15) is 68.1 Å². The van der Waals surface area contributed by atoms with Crippen LogP contribution in [0.5, 0.6) is 5.88 Å². The molecule has 168 valence electrons. The molecule has 9 nitrogen and oxygen atoms in total. The van der Waals surface area contributed by atoms with Crippen molar-refractivity contribution in [1.29, 1.82) is 0 Å². The van der Waals surface area contributed by atoms with Gasteiger partial charge in [0.2, 0.25) is 5.88 Å². The third kappa shape index (κ3) is 4.68. The van der Waals surface area contributed by atoms with Crippen molar-refractivity contribution < 1.29 is 22.3 Å². The van der Waals surface area contributed by atoms with Crippen LogP contribution < -0.4 is 4.18 Å². The van der Waals surface area contributed by atoms with E-state index in [1.54, 1.807) is 20.8 Å². The molecule has 0 fully saturated rings. The van der Waals surface area contributed by atoms with E-state index in [9.17, 15) is 23.3 Å². The zero-order valence-electron chi connectivity index (χ0n) is 18.7. The van der Waals surface area contributed by atoms with Crippen molar-refractivity contribution in [2.24, 2.45) is 7.05 Å². The van der Waals surface area contributed by atoms with Gasteiger partial charge in [0, 0.05) is 18.7 Å². The van der Waals surface area contributed by atoms with Gasteiger partial charge in [-0.1, -0.05) is 12.5 Å². The van der Waals surface area contributed by atoms with Crippen LogP contribution in [0.3, 0.4) is 0 Å². The molecule has 31 heavy (non-hydrogen) atoms. The monoisotopic (exact) mass is 449 g/mol. The number of hydrogen-bond donors (Lipinski definition) is 0. The molecule has 0 amide bonds. The minimum Gasteiger partial charge on any atom is -0.361 e. The molecule has 0 aliphatic carbocycles. The summed E-state index contributed by atoms with van der Waals surface area (Å²) >= 11 is 0. The third-order valence-electron chi connectivity index (χ3n) is 5.40. The second-order valence-electron chi connectivity index (χ2n) is 7.63. The Hall–Kier alpha value is -3.01. The van der Waals surface area contributed by atoms with Crippen molar-refractivity contribution in [2.45, 2.75) is 53.2 Å².